The third-order valence-corrected chi connectivity index (χ3v) is 5.00. The molecular formula is C19H36O2. The van der Waals surface area contributed by atoms with Crippen molar-refractivity contribution in [2.75, 3.05) is 14.2 Å². The molecule has 0 heterocycles. The maximum Gasteiger partial charge on any atom is 0.0900 e. The highest BCUT2D eigenvalue weighted by molar-refractivity contribution is 5.02. The number of ether oxygens (including phenoxy) is 2. The van der Waals surface area contributed by atoms with Gasteiger partial charge >= 0.3 is 0 Å². The van der Waals surface area contributed by atoms with Gasteiger partial charge < -0.3 is 9.47 Å². The monoisotopic (exact) mass is 296 g/mol. The van der Waals surface area contributed by atoms with Gasteiger partial charge in [0.1, 0.15) is 0 Å². The number of hydrogen-bond acceptors (Lipinski definition) is 2. The van der Waals surface area contributed by atoms with Crippen LogP contribution in [0.2, 0.25) is 0 Å². The molecular weight excluding hydrogens is 260 g/mol. The van der Waals surface area contributed by atoms with Crippen LogP contribution in [0.3, 0.4) is 0 Å². The lowest BCUT2D eigenvalue weighted by Crippen LogP contribution is -2.49. The molecule has 0 amide bonds. The number of methoxy groups -OCH3 is 2. The average molecular weight is 296 g/mol. The standard InChI is InChI=1S/C19H36O2/c1-6-7-8-9-10-11-12-13-16-14-15-19(2,3)18(21-5)17(16)20-4/h12-13,16-18H,6-11,14-15H2,1-5H3/t16-,17-,18+/m1/s1. The lowest BCUT2D eigenvalue weighted by Gasteiger charge is -2.45. The predicted molar refractivity (Wildman–Crippen MR) is 90.6 cm³/mol. The largest absolute Gasteiger partial charge is 0.378 e. The number of unbranched alkanes of at least 4 members (excludes halogenated alkanes) is 5. The van der Waals surface area contributed by atoms with E-state index in [2.05, 4.69) is 32.9 Å². The van der Waals surface area contributed by atoms with Gasteiger partial charge in [-0.2, -0.15) is 0 Å². The smallest absolute Gasteiger partial charge is 0.0900 e. The molecule has 0 radical (unpaired) electrons. The molecule has 0 saturated heterocycles. The van der Waals surface area contributed by atoms with Crippen LogP contribution in [0.4, 0.5) is 0 Å². The molecule has 0 bridgehead atoms. The Hall–Kier alpha value is -0.340. The molecule has 0 aromatic carbocycles. The van der Waals surface area contributed by atoms with Crippen LogP contribution in [0.1, 0.15) is 72.1 Å². The molecule has 1 saturated carbocycles. The molecule has 1 fully saturated rings. The van der Waals surface area contributed by atoms with E-state index in [0.717, 1.165) is 0 Å². The second-order valence-corrected chi connectivity index (χ2v) is 7.18. The Bertz CT molecular complexity index is 296. The fourth-order valence-corrected chi connectivity index (χ4v) is 3.61. The number of hydrogen-bond donors (Lipinski definition) is 0. The van der Waals surface area contributed by atoms with Crippen LogP contribution in [0.15, 0.2) is 12.2 Å². The van der Waals surface area contributed by atoms with Crippen molar-refractivity contribution < 1.29 is 9.47 Å². The average Bonchev–Trinajstić information content (AvgIpc) is 2.46. The first-order chi connectivity index (χ1) is 10.1. The van der Waals surface area contributed by atoms with Gasteiger partial charge in [0, 0.05) is 20.1 Å². The quantitative estimate of drug-likeness (QED) is 0.421. The first-order valence-electron chi connectivity index (χ1n) is 8.79. The summed E-state index contributed by atoms with van der Waals surface area (Å²) in [5.74, 6) is 0.503. The van der Waals surface area contributed by atoms with Gasteiger partial charge in [0.25, 0.3) is 0 Å². The molecule has 21 heavy (non-hydrogen) atoms. The Balaban J connectivity index is 2.43. The summed E-state index contributed by atoms with van der Waals surface area (Å²) in [5.41, 5.74) is 0.208. The van der Waals surface area contributed by atoms with E-state index in [1.165, 1.54) is 51.4 Å². The summed E-state index contributed by atoms with van der Waals surface area (Å²) in [7, 11) is 3.64. The van der Waals surface area contributed by atoms with E-state index in [0.29, 0.717) is 5.92 Å². The molecule has 0 aliphatic heterocycles. The first-order valence-corrected chi connectivity index (χ1v) is 8.79. The lowest BCUT2D eigenvalue weighted by molar-refractivity contribution is -0.132. The normalized spacial score (nSPS) is 29.1. The fraction of sp³-hybridized carbons (Fsp3) is 0.895. The van der Waals surface area contributed by atoms with Crippen molar-refractivity contribution in [3.63, 3.8) is 0 Å². The number of allylic oxidation sites excluding steroid dienone is 1. The van der Waals surface area contributed by atoms with Crippen LogP contribution in [0.25, 0.3) is 0 Å². The van der Waals surface area contributed by atoms with E-state index in [1.807, 2.05) is 14.2 Å². The van der Waals surface area contributed by atoms with Crippen LogP contribution in [0, 0.1) is 11.3 Å². The zero-order chi connectivity index (χ0) is 15.7. The summed E-state index contributed by atoms with van der Waals surface area (Å²) in [4.78, 5) is 0. The van der Waals surface area contributed by atoms with Gasteiger partial charge in [-0.1, -0.05) is 58.6 Å². The molecule has 0 N–H and O–H groups in total. The Morgan fingerprint density at radius 1 is 1.05 bits per heavy atom. The minimum atomic E-state index is 0.190. The van der Waals surface area contributed by atoms with Gasteiger partial charge in [0.2, 0.25) is 0 Å². The molecule has 2 nitrogen and oxygen atoms in total. The molecule has 0 spiro atoms. The zero-order valence-corrected chi connectivity index (χ0v) is 14.9. The Labute approximate surface area is 132 Å². The van der Waals surface area contributed by atoms with Crippen molar-refractivity contribution in [1.29, 1.82) is 0 Å². The molecule has 124 valence electrons. The molecule has 1 rings (SSSR count). The summed E-state index contributed by atoms with van der Waals surface area (Å²) in [6, 6.07) is 0. The zero-order valence-electron chi connectivity index (χ0n) is 14.9. The summed E-state index contributed by atoms with van der Waals surface area (Å²) in [6.07, 6.45) is 15.5. The highest BCUT2D eigenvalue weighted by atomic mass is 16.5. The van der Waals surface area contributed by atoms with Gasteiger partial charge in [0.15, 0.2) is 0 Å². The summed E-state index contributed by atoms with van der Waals surface area (Å²) in [5, 5.41) is 0. The van der Waals surface area contributed by atoms with Gasteiger partial charge in [-0.25, -0.2) is 0 Å². The van der Waals surface area contributed by atoms with Crippen LogP contribution < -0.4 is 0 Å². The van der Waals surface area contributed by atoms with Gasteiger partial charge in [-0.05, 0) is 31.1 Å². The van der Waals surface area contributed by atoms with Crippen molar-refractivity contribution in [1.82, 2.24) is 0 Å². The summed E-state index contributed by atoms with van der Waals surface area (Å²) in [6.45, 7) is 6.85. The van der Waals surface area contributed by atoms with E-state index in [1.54, 1.807) is 0 Å². The molecule has 3 atom stereocenters. The van der Waals surface area contributed by atoms with E-state index in [9.17, 15) is 0 Å². The lowest BCUT2D eigenvalue weighted by atomic mass is 9.69. The summed E-state index contributed by atoms with van der Waals surface area (Å²) >= 11 is 0. The van der Waals surface area contributed by atoms with E-state index in [4.69, 9.17) is 9.47 Å². The van der Waals surface area contributed by atoms with Gasteiger partial charge in [-0.15, -0.1) is 0 Å². The molecule has 1 aliphatic rings. The third-order valence-electron chi connectivity index (χ3n) is 5.00. The highest BCUT2D eigenvalue weighted by Crippen LogP contribution is 2.41. The molecule has 0 aromatic heterocycles. The second kappa shape index (κ2) is 9.63. The molecule has 2 heteroatoms. The minimum absolute atomic E-state index is 0.190. The van der Waals surface area contributed by atoms with Crippen molar-refractivity contribution in [3.05, 3.63) is 12.2 Å². The maximum atomic E-state index is 5.78. The minimum Gasteiger partial charge on any atom is -0.378 e. The van der Waals surface area contributed by atoms with E-state index in [-0.39, 0.29) is 17.6 Å². The van der Waals surface area contributed by atoms with Crippen molar-refractivity contribution in [2.24, 2.45) is 11.3 Å². The van der Waals surface area contributed by atoms with E-state index >= 15 is 0 Å². The van der Waals surface area contributed by atoms with E-state index < -0.39 is 0 Å². The predicted octanol–water partition coefficient (Wildman–Crippen LogP) is 5.37. The maximum absolute atomic E-state index is 5.78. The van der Waals surface area contributed by atoms with Crippen LogP contribution in [-0.4, -0.2) is 26.4 Å². The topological polar surface area (TPSA) is 18.5 Å². The molecule has 0 unspecified atom stereocenters. The Morgan fingerprint density at radius 3 is 2.38 bits per heavy atom. The van der Waals surface area contributed by atoms with Crippen LogP contribution in [0.5, 0.6) is 0 Å². The van der Waals surface area contributed by atoms with Crippen LogP contribution in [-0.2, 0) is 9.47 Å². The Kier molecular flexibility index (Phi) is 8.58. The second-order valence-electron chi connectivity index (χ2n) is 7.18. The van der Waals surface area contributed by atoms with Gasteiger partial charge in [-0.3, -0.25) is 0 Å². The first kappa shape index (κ1) is 18.7. The van der Waals surface area contributed by atoms with Crippen molar-refractivity contribution in [2.45, 2.75) is 84.3 Å². The Morgan fingerprint density at radius 2 is 1.76 bits per heavy atom. The highest BCUT2D eigenvalue weighted by Gasteiger charge is 2.43. The third kappa shape index (κ3) is 5.75. The van der Waals surface area contributed by atoms with Crippen molar-refractivity contribution >= 4 is 0 Å². The van der Waals surface area contributed by atoms with Crippen LogP contribution >= 0.6 is 0 Å². The van der Waals surface area contributed by atoms with Gasteiger partial charge in [0.05, 0.1) is 12.2 Å². The molecule has 0 aromatic rings. The number of rotatable bonds is 9. The summed E-state index contributed by atoms with van der Waals surface area (Å²) < 4.78 is 11.5. The fourth-order valence-electron chi connectivity index (χ4n) is 3.61. The van der Waals surface area contributed by atoms with Crippen molar-refractivity contribution in [3.8, 4) is 0 Å². The SMILES string of the molecule is CCCCCCCC=C[C@@H]1CCC(C)(C)[C@@H](OC)[C@@H]1OC. The molecule has 1 aliphatic carbocycles.